The van der Waals surface area contributed by atoms with E-state index >= 15 is 0 Å². The molecule has 0 unspecified atom stereocenters. The summed E-state index contributed by atoms with van der Waals surface area (Å²) in [5.74, 6) is 0. The molecule has 0 aliphatic carbocycles. The van der Waals surface area contributed by atoms with Crippen LogP contribution < -0.4 is 5.48 Å². The normalized spacial score (nSPS) is 11.7. The predicted octanol–water partition coefficient (Wildman–Crippen LogP) is 1.05. The van der Waals surface area contributed by atoms with Gasteiger partial charge in [-0.05, 0) is 24.1 Å². The lowest BCUT2D eigenvalue weighted by Gasteiger charge is -2.09. The number of nitrogens with one attached hydrogen (secondary N) is 1. The Labute approximate surface area is 90.1 Å². The fraction of sp³-hybridized carbons (Fsp3) is 0.400. The third-order valence-electron chi connectivity index (χ3n) is 2.03. The molecule has 1 aromatic carbocycles. The van der Waals surface area contributed by atoms with Crippen LogP contribution in [0.15, 0.2) is 23.1 Å². The molecule has 0 fully saturated rings. The first-order chi connectivity index (χ1) is 6.95. The van der Waals surface area contributed by atoms with Crippen LogP contribution in [0.2, 0.25) is 0 Å². The predicted molar refractivity (Wildman–Crippen MR) is 58.1 cm³/mol. The summed E-state index contributed by atoms with van der Waals surface area (Å²) in [6.07, 6.45) is 1.21. The zero-order valence-corrected chi connectivity index (χ0v) is 9.89. The molecule has 0 saturated carbocycles. The van der Waals surface area contributed by atoms with Crippen molar-refractivity contribution in [2.75, 3.05) is 13.4 Å². The van der Waals surface area contributed by atoms with Crippen LogP contribution in [0.25, 0.3) is 0 Å². The van der Waals surface area contributed by atoms with Crippen LogP contribution >= 0.6 is 0 Å². The lowest BCUT2D eigenvalue weighted by atomic mass is 10.1. The van der Waals surface area contributed by atoms with E-state index in [1.54, 1.807) is 12.1 Å². The number of hydroxylamine groups is 1. The van der Waals surface area contributed by atoms with Crippen LogP contribution in [-0.2, 0) is 21.2 Å². The first-order valence-electron chi connectivity index (χ1n) is 4.50. The van der Waals surface area contributed by atoms with E-state index in [2.05, 4.69) is 5.48 Å². The van der Waals surface area contributed by atoms with Gasteiger partial charge in [0.15, 0.2) is 9.84 Å². The van der Waals surface area contributed by atoms with Gasteiger partial charge in [0, 0.05) is 12.8 Å². The molecule has 0 amide bonds. The van der Waals surface area contributed by atoms with Crippen molar-refractivity contribution in [2.24, 2.45) is 0 Å². The highest BCUT2D eigenvalue weighted by Crippen LogP contribution is 2.17. The monoisotopic (exact) mass is 229 g/mol. The summed E-state index contributed by atoms with van der Waals surface area (Å²) >= 11 is 0. The molecule has 1 N–H and O–H groups in total. The first kappa shape index (κ1) is 12.2. The number of rotatable bonds is 4. The molecule has 0 aliphatic heterocycles. The maximum absolute atomic E-state index is 11.5. The molecule has 4 nitrogen and oxygen atoms in total. The molecular formula is C10H15NO3S. The fourth-order valence-electron chi connectivity index (χ4n) is 1.30. The highest BCUT2D eigenvalue weighted by Gasteiger charge is 2.12. The van der Waals surface area contributed by atoms with Crippen molar-refractivity contribution in [3.05, 3.63) is 29.3 Å². The zero-order chi connectivity index (χ0) is 11.5. The minimum atomic E-state index is -3.18. The van der Waals surface area contributed by atoms with E-state index in [0.29, 0.717) is 17.0 Å². The zero-order valence-electron chi connectivity index (χ0n) is 9.07. The fourth-order valence-corrected chi connectivity index (χ4v) is 2.32. The van der Waals surface area contributed by atoms with Crippen LogP contribution in [0.4, 0.5) is 0 Å². The van der Waals surface area contributed by atoms with Gasteiger partial charge in [-0.2, -0.15) is 5.48 Å². The van der Waals surface area contributed by atoms with Gasteiger partial charge in [-0.15, -0.1) is 0 Å². The van der Waals surface area contributed by atoms with E-state index < -0.39 is 9.84 Å². The van der Waals surface area contributed by atoms with Gasteiger partial charge in [-0.1, -0.05) is 12.1 Å². The van der Waals surface area contributed by atoms with Crippen LogP contribution in [-0.4, -0.2) is 21.8 Å². The molecule has 1 aromatic rings. The van der Waals surface area contributed by atoms with Crippen LogP contribution in [0, 0.1) is 6.92 Å². The Morgan fingerprint density at radius 2 is 2.07 bits per heavy atom. The van der Waals surface area contributed by atoms with Crippen LogP contribution in [0.5, 0.6) is 0 Å². The molecule has 1 rings (SSSR count). The average Bonchev–Trinajstić information content (AvgIpc) is 2.14. The molecule has 0 spiro atoms. The standard InChI is InChI=1S/C10H15NO3S/c1-8-4-5-9(7-11-14-2)10(6-8)15(3,12)13/h4-6,11H,7H2,1-3H3. The van der Waals surface area contributed by atoms with Crippen LogP contribution in [0.3, 0.4) is 0 Å². The number of hydrogen-bond acceptors (Lipinski definition) is 4. The maximum Gasteiger partial charge on any atom is 0.175 e. The van der Waals surface area contributed by atoms with Crippen molar-refractivity contribution in [3.8, 4) is 0 Å². The van der Waals surface area contributed by atoms with E-state index in [9.17, 15) is 8.42 Å². The van der Waals surface area contributed by atoms with Crippen molar-refractivity contribution in [2.45, 2.75) is 18.4 Å². The second-order valence-electron chi connectivity index (χ2n) is 3.41. The number of hydrogen-bond donors (Lipinski definition) is 1. The Balaban J connectivity index is 3.15. The van der Waals surface area contributed by atoms with Gasteiger partial charge in [0.25, 0.3) is 0 Å². The van der Waals surface area contributed by atoms with Gasteiger partial charge >= 0.3 is 0 Å². The minimum absolute atomic E-state index is 0.354. The van der Waals surface area contributed by atoms with E-state index in [0.717, 1.165) is 5.56 Å². The third-order valence-corrected chi connectivity index (χ3v) is 3.21. The van der Waals surface area contributed by atoms with Crippen LogP contribution in [0.1, 0.15) is 11.1 Å². The highest BCUT2D eigenvalue weighted by molar-refractivity contribution is 7.90. The molecule has 0 aliphatic rings. The van der Waals surface area contributed by atoms with Gasteiger partial charge in [0.05, 0.1) is 12.0 Å². The molecule has 0 saturated heterocycles. The van der Waals surface area contributed by atoms with Gasteiger partial charge in [-0.25, -0.2) is 8.42 Å². The first-order valence-corrected chi connectivity index (χ1v) is 6.39. The van der Waals surface area contributed by atoms with Crippen molar-refractivity contribution in [1.29, 1.82) is 0 Å². The molecule has 0 atom stereocenters. The van der Waals surface area contributed by atoms with Crippen molar-refractivity contribution < 1.29 is 13.3 Å². The molecular weight excluding hydrogens is 214 g/mol. The molecule has 15 heavy (non-hydrogen) atoms. The Morgan fingerprint density at radius 3 is 2.60 bits per heavy atom. The smallest absolute Gasteiger partial charge is 0.175 e. The summed E-state index contributed by atoms with van der Waals surface area (Å²) < 4.78 is 23.0. The molecule has 5 heteroatoms. The second kappa shape index (κ2) is 4.74. The van der Waals surface area contributed by atoms with E-state index in [1.807, 2.05) is 13.0 Å². The highest BCUT2D eigenvalue weighted by atomic mass is 32.2. The Hall–Kier alpha value is -0.910. The topological polar surface area (TPSA) is 55.4 Å². The number of aryl methyl sites for hydroxylation is 1. The summed E-state index contributed by atoms with van der Waals surface area (Å²) in [6.45, 7) is 2.24. The van der Waals surface area contributed by atoms with Crippen molar-refractivity contribution in [3.63, 3.8) is 0 Å². The number of sulfone groups is 1. The lowest BCUT2D eigenvalue weighted by molar-refractivity contribution is 0.0861. The van der Waals surface area contributed by atoms with E-state index in [4.69, 9.17) is 4.84 Å². The molecule has 84 valence electrons. The van der Waals surface area contributed by atoms with Gasteiger partial charge in [-0.3, -0.25) is 0 Å². The third kappa shape index (κ3) is 3.30. The molecule has 0 radical (unpaired) electrons. The lowest BCUT2D eigenvalue weighted by Crippen LogP contribution is -2.14. The minimum Gasteiger partial charge on any atom is -0.305 e. The Bertz CT molecular complexity index is 440. The Morgan fingerprint density at radius 1 is 1.40 bits per heavy atom. The van der Waals surface area contributed by atoms with E-state index in [-0.39, 0.29) is 0 Å². The summed E-state index contributed by atoms with van der Waals surface area (Å²) in [6, 6.07) is 5.33. The largest absolute Gasteiger partial charge is 0.305 e. The van der Waals surface area contributed by atoms with Gasteiger partial charge < -0.3 is 4.84 Å². The molecule has 0 heterocycles. The molecule has 0 bridgehead atoms. The van der Waals surface area contributed by atoms with Crippen molar-refractivity contribution >= 4 is 9.84 Å². The number of benzene rings is 1. The second-order valence-corrected chi connectivity index (χ2v) is 5.39. The Kier molecular flexibility index (Phi) is 3.84. The molecule has 0 aromatic heterocycles. The summed E-state index contributed by atoms with van der Waals surface area (Å²) in [7, 11) is -1.69. The SMILES string of the molecule is CONCc1ccc(C)cc1S(C)(=O)=O. The summed E-state index contributed by atoms with van der Waals surface area (Å²) in [4.78, 5) is 5.05. The summed E-state index contributed by atoms with van der Waals surface area (Å²) in [5, 5.41) is 0. The van der Waals surface area contributed by atoms with Gasteiger partial charge in [0.2, 0.25) is 0 Å². The average molecular weight is 229 g/mol. The maximum atomic E-state index is 11.5. The quantitative estimate of drug-likeness (QED) is 0.784. The van der Waals surface area contributed by atoms with Crippen molar-refractivity contribution in [1.82, 2.24) is 5.48 Å². The van der Waals surface area contributed by atoms with Gasteiger partial charge in [0.1, 0.15) is 0 Å². The summed E-state index contributed by atoms with van der Waals surface area (Å²) in [5.41, 5.74) is 4.27. The van der Waals surface area contributed by atoms with E-state index in [1.165, 1.54) is 13.4 Å².